The summed E-state index contributed by atoms with van der Waals surface area (Å²) in [4.78, 5) is 16.4. The SMILES string of the molecule is CC(C)CN=C1NC(=O)C(c2ccc3c(c2)OCCO3)N1. The first-order valence-corrected chi connectivity index (χ1v) is 7.15. The maximum absolute atomic E-state index is 12.1. The van der Waals surface area contributed by atoms with E-state index in [2.05, 4.69) is 29.5 Å². The predicted molar refractivity (Wildman–Crippen MR) is 78.6 cm³/mol. The lowest BCUT2D eigenvalue weighted by atomic mass is 10.1. The molecule has 0 aromatic heterocycles. The standard InChI is InChI=1S/C15H19N3O3/c1-9(2)8-16-15-17-13(14(19)18-15)10-3-4-11-12(7-10)21-6-5-20-11/h3-4,7,9,13H,5-6,8H2,1-2H3,(H2,16,17,18,19). The molecule has 2 heterocycles. The van der Waals surface area contributed by atoms with Gasteiger partial charge in [0.1, 0.15) is 19.3 Å². The summed E-state index contributed by atoms with van der Waals surface area (Å²) in [5.74, 6) is 2.28. The van der Waals surface area contributed by atoms with Crippen molar-refractivity contribution in [2.24, 2.45) is 10.9 Å². The number of hydrogen-bond donors (Lipinski definition) is 2. The van der Waals surface area contributed by atoms with Gasteiger partial charge in [-0.1, -0.05) is 19.9 Å². The van der Waals surface area contributed by atoms with Crippen LogP contribution >= 0.6 is 0 Å². The van der Waals surface area contributed by atoms with E-state index >= 15 is 0 Å². The summed E-state index contributed by atoms with van der Waals surface area (Å²) in [6, 6.07) is 5.11. The first-order valence-electron chi connectivity index (χ1n) is 7.15. The van der Waals surface area contributed by atoms with Gasteiger partial charge in [-0.25, -0.2) is 0 Å². The fourth-order valence-electron chi connectivity index (χ4n) is 2.26. The number of nitrogens with zero attached hydrogens (tertiary/aromatic N) is 1. The molecule has 0 bridgehead atoms. The molecule has 1 fully saturated rings. The fraction of sp³-hybridized carbons (Fsp3) is 0.467. The third-order valence-corrected chi connectivity index (χ3v) is 3.30. The summed E-state index contributed by atoms with van der Waals surface area (Å²) in [6.07, 6.45) is 0. The Bertz CT molecular complexity index is 584. The molecule has 2 N–H and O–H groups in total. The molecule has 0 aliphatic carbocycles. The first-order chi connectivity index (χ1) is 10.1. The molecule has 1 unspecified atom stereocenters. The number of guanidine groups is 1. The Labute approximate surface area is 123 Å². The Balaban J connectivity index is 1.78. The molecule has 1 aromatic carbocycles. The fourth-order valence-corrected chi connectivity index (χ4v) is 2.26. The molecule has 0 spiro atoms. The normalized spacial score (nSPS) is 22.3. The third-order valence-electron chi connectivity index (χ3n) is 3.30. The molecule has 6 heteroatoms. The number of hydrogen-bond acceptors (Lipinski definition) is 4. The third kappa shape index (κ3) is 2.94. The van der Waals surface area contributed by atoms with E-state index in [0.717, 1.165) is 11.3 Å². The number of rotatable bonds is 3. The molecule has 0 radical (unpaired) electrons. The van der Waals surface area contributed by atoms with Crippen LogP contribution in [0.1, 0.15) is 25.5 Å². The molecule has 0 saturated carbocycles. The quantitative estimate of drug-likeness (QED) is 0.878. The van der Waals surface area contributed by atoms with Gasteiger partial charge >= 0.3 is 0 Å². The molecule has 112 valence electrons. The van der Waals surface area contributed by atoms with Gasteiger partial charge in [0, 0.05) is 6.54 Å². The van der Waals surface area contributed by atoms with Crippen molar-refractivity contribution in [1.82, 2.24) is 10.6 Å². The first kappa shape index (κ1) is 13.7. The highest BCUT2D eigenvalue weighted by Gasteiger charge is 2.30. The second kappa shape index (κ2) is 5.63. The van der Waals surface area contributed by atoms with Crippen LogP contribution in [0.15, 0.2) is 23.2 Å². The lowest BCUT2D eigenvalue weighted by Gasteiger charge is -2.19. The van der Waals surface area contributed by atoms with Gasteiger partial charge in [0.15, 0.2) is 17.5 Å². The van der Waals surface area contributed by atoms with Crippen molar-refractivity contribution in [2.45, 2.75) is 19.9 Å². The molecule has 1 atom stereocenters. The molecular weight excluding hydrogens is 270 g/mol. The average Bonchev–Trinajstić information content (AvgIpc) is 2.86. The van der Waals surface area contributed by atoms with Gasteiger partial charge in [-0.15, -0.1) is 0 Å². The zero-order valence-corrected chi connectivity index (χ0v) is 12.2. The highest BCUT2D eigenvalue weighted by Crippen LogP contribution is 2.33. The predicted octanol–water partition coefficient (Wildman–Crippen LogP) is 1.23. The average molecular weight is 289 g/mol. The topological polar surface area (TPSA) is 72.0 Å². The monoisotopic (exact) mass is 289 g/mol. The van der Waals surface area contributed by atoms with Gasteiger partial charge in [0.05, 0.1) is 0 Å². The maximum atomic E-state index is 12.1. The number of amides is 1. The van der Waals surface area contributed by atoms with Gasteiger partial charge in [-0.2, -0.15) is 0 Å². The summed E-state index contributed by atoms with van der Waals surface area (Å²) < 4.78 is 11.0. The Morgan fingerprint density at radius 3 is 2.81 bits per heavy atom. The number of fused-ring (bicyclic) bond motifs is 1. The number of nitrogens with one attached hydrogen (secondary N) is 2. The van der Waals surface area contributed by atoms with Crippen LogP contribution in [0.4, 0.5) is 0 Å². The second-order valence-electron chi connectivity index (χ2n) is 5.55. The molecule has 2 aliphatic heterocycles. The van der Waals surface area contributed by atoms with Crippen molar-refractivity contribution >= 4 is 11.9 Å². The van der Waals surface area contributed by atoms with Gasteiger partial charge in [-0.05, 0) is 23.6 Å². The lowest BCUT2D eigenvalue weighted by molar-refractivity contribution is -0.120. The van der Waals surface area contributed by atoms with Crippen LogP contribution in [-0.2, 0) is 4.79 Å². The van der Waals surface area contributed by atoms with E-state index in [0.29, 0.717) is 37.4 Å². The minimum absolute atomic E-state index is 0.103. The molecule has 1 amide bonds. The van der Waals surface area contributed by atoms with Gasteiger partial charge < -0.3 is 14.8 Å². The smallest absolute Gasteiger partial charge is 0.253 e. The molecule has 21 heavy (non-hydrogen) atoms. The van der Waals surface area contributed by atoms with Crippen LogP contribution in [0.3, 0.4) is 0 Å². The lowest BCUT2D eigenvalue weighted by Crippen LogP contribution is -2.26. The van der Waals surface area contributed by atoms with Crippen LogP contribution in [-0.4, -0.2) is 31.6 Å². The van der Waals surface area contributed by atoms with E-state index in [9.17, 15) is 4.79 Å². The van der Waals surface area contributed by atoms with Crippen molar-refractivity contribution in [3.05, 3.63) is 23.8 Å². The Hall–Kier alpha value is -2.24. The highest BCUT2D eigenvalue weighted by molar-refractivity contribution is 6.06. The summed E-state index contributed by atoms with van der Waals surface area (Å²) in [5, 5.41) is 5.88. The molecule has 2 aliphatic rings. The van der Waals surface area contributed by atoms with E-state index in [1.807, 2.05) is 18.2 Å². The summed E-state index contributed by atoms with van der Waals surface area (Å²) in [7, 11) is 0. The molecule has 1 aromatic rings. The Morgan fingerprint density at radius 2 is 2.05 bits per heavy atom. The van der Waals surface area contributed by atoms with Crippen molar-refractivity contribution < 1.29 is 14.3 Å². The summed E-state index contributed by atoms with van der Waals surface area (Å²) in [6.45, 7) is 5.93. The van der Waals surface area contributed by atoms with Gasteiger partial charge in [-0.3, -0.25) is 15.1 Å². The number of carbonyl (C=O) groups is 1. The van der Waals surface area contributed by atoms with Crippen molar-refractivity contribution in [3.63, 3.8) is 0 Å². The molecular formula is C15H19N3O3. The minimum atomic E-state index is -0.438. The Kier molecular flexibility index (Phi) is 3.68. The van der Waals surface area contributed by atoms with E-state index < -0.39 is 6.04 Å². The highest BCUT2D eigenvalue weighted by atomic mass is 16.6. The van der Waals surface area contributed by atoms with Crippen molar-refractivity contribution in [2.75, 3.05) is 19.8 Å². The van der Waals surface area contributed by atoms with E-state index in [1.165, 1.54) is 0 Å². The van der Waals surface area contributed by atoms with Crippen LogP contribution < -0.4 is 20.1 Å². The molecule has 1 saturated heterocycles. The zero-order chi connectivity index (χ0) is 14.8. The van der Waals surface area contributed by atoms with Gasteiger partial charge in [0.2, 0.25) is 0 Å². The van der Waals surface area contributed by atoms with E-state index in [1.54, 1.807) is 0 Å². The van der Waals surface area contributed by atoms with Crippen LogP contribution in [0.2, 0.25) is 0 Å². The van der Waals surface area contributed by atoms with Crippen LogP contribution in [0.25, 0.3) is 0 Å². The number of aliphatic imine (C=N–C) groups is 1. The van der Waals surface area contributed by atoms with Gasteiger partial charge in [0.25, 0.3) is 5.91 Å². The number of benzene rings is 1. The minimum Gasteiger partial charge on any atom is -0.486 e. The molecule has 3 rings (SSSR count). The van der Waals surface area contributed by atoms with E-state index in [-0.39, 0.29) is 5.91 Å². The molecule has 6 nitrogen and oxygen atoms in total. The zero-order valence-electron chi connectivity index (χ0n) is 12.2. The van der Waals surface area contributed by atoms with E-state index in [4.69, 9.17) is 9.47 Å². The van der Waals surface area contributed by atoms with Crippen LogP contribution in [0.5, 0.6) is 11.5 Å². The van der Waals surface area contributed by atoms with Crippen molar-refractivity contribution in [3.8, 4) is 11.5 Å². The Morgan fingerprint density at radius 1 is 1.29 bits per heavy atom. The van der Waals surface area contributed by atoms with Crippen LogP contribution in [0, 0.1) is 5.92 Å². The second-order valence-corrected chi connectivity index (χ2v) is 5.55. The van der Waals surface area contributed by atoms with Crippen molar-refractivity contribution in [1.29, 1.82) is 0 Å². The summed E-state index contributed by atoms with van der Waals surface area (Å²) in [5.41, 5.74) is 0.839. The largest absolute Gasteiger partial charge is 0.486 e. The number of carbonyl (C=O) groups excluding carboxylic acids is 1. The summed E-state index contributed by atoms with van der Waals surface area (Å²) >= 11 is 0. The maximum Gasteiger partial charge on any atom is 0.253 e. The number of ether oxygens (including phenoxy) is 2.